The van der Waals surface area contributed by atoms with Gasteiger partial charge in [-0.25, -0.2) is 4.98 Å². The fourth-order valence-electron chi connectivity index (χ4n) is 4.56. The first-order valence-corrected chi connectivity index (χ1v) is 12.6. The van der Waals surface area contributed by atoms with Gasteiger partial charge in [0, 0.05) is 37.6 Å². The number of nitrogens with two attached hydrogens (primary N) is 1. The molecule has 0 saturated heterocycles. The van der Waals surface area contributed by atoms with Crippen LogP contribution in [0.4, 0.5) is 0 Å². The van der Waals surface area contributed by atoms with Gasteiger partial charge in [0.15, 0.2) is 5.69 Å². The predicted octanol–water partition coefficient (Wildman–Crippen LogP) is 4.83. The molecule has 0 bridgehead atoms. The van der Waals surface area contributed by atoms with Gasteiger partial charge in [-0.05, 0) is 37.4 Å². The summed E-state index contributed by atoms with van der Waals surface area (Å²) in [6.07, 6.45) is 2.80. The average molecular weight is 485 g/mol. The fourth-order valence-corrected chi connectivity index (χ4v) is 4.56. The highest BCUT2D eigenvalue weighted by atomic mass is 16.2. The molecule has 7 heteroatoms. The number of aryl methyl sites for hydroxylation is 2. The molecule has 4 rings (SSSR count). The van der Waals surface area contributed by atoms with Crippen LogP contribution in [-0.4, -0.2) is 43.2 Å². The second kappa shape index (κ2) is 11.4. The SMILES string of the molecule is Cc1cc(C(=O)N(CCCN)[C@@H](c2nc(-c3ccccc3)cn2Cc2ccccc2)C(C)C)nn1C. The summed E-state index contributed by atoms with van der Waals surface area (Å²) in [5, 5.41) is 4.48. The monoisotopic (exact) mass is 484 g/mol. The highest BCUT2D eigenvalue weighted by molar-refractivity contribution is 5.92. The number of nitrogens with zero attached hydrogens (tertiary/aromatic N) is 5. The van der Waals surface area contributed by atoms with Crippen molar-refractivity contribution in [3.8, 4) is 11.3 Å². The Morgan fingerprint density at radius 2 is 1.72 bits per heavy atom. The molecule has 7 nitrogen and oxygen atoms in total. The maximum absolute atomic E-state index is 13.9. The molecule has 1 atom stereocenters. The van der Waals surface area contributed by atoms with Gasteiger partial charge in [-0.15, -0.1) is 0 Å². The predicted molar refractivity (Wildman–Crippen MR) is 143 cm³/mol. The maximum atomic E-state index is 13.9. The molecule has 0 spiro atoms. The van der Waals surface area contributed by atoms with Gasteiger partial charge in [0.25, 0.3) is 5.91 Å². The number of imidazole rings is 1. The third-order valence-electron chi connectivity index (χ3n) is 6.50. The molecule has 4 aromatic rings. The molecule has 0 aliphatic rings. The van der Waals surface area contributed by atoms with E-state index in [1.54, 1.807) is 4.68 Å². The number of benzene rings is 2. The maximum Gasteiger partial charge on any atom is 0.274 e. The van der Waals surface area contributed by atoms with E-state index in [-0.39, 0.29) is 17.9 Å². The molecular formula is C29H36N6O. The van der Waals surface area contributed by atoms with Gasteiger partial charge in [-0.2, -0.15) is 5.10 Å². The van der Waals surface area contributed by atoms with Gasteiger partial charge in [0.1, 0.15) is 5.82 Å². The lowest BCUT2D eigenvalue weighted by molar-refractivity contribution is 0.0597. The highest BCUT2D eigenvalue weighted by Gasteiger charge is 2.33. The Morgan fingerprint density at radius 3 is 2.31 bits per heavy atom. The molecule has 0 saturated carbocycles. The van der Waals surface area contributed by atoms with Crippen molar-refractivity contribution in [2.24, 2.45) is 18.7 Å². The topological polar surface area (TPSA) is 82.0 Å². The van der Waals surface area contributed by atoms with E-state index in [0.29, 0.717) is 31.7 Å². The third-order valence-corrected chi connectivity index (χ3v) is 6.50. The van der Waals surface area contributed by atoms with Gasteiger partial charge in [-0.1, -0.05) is 74.5 Å². The van der Waals surface area contributed by atoms with E-state index in [2.05, 4.69) is 54.0 Å². The highest BCUT2D eigenvalue weighted by Crippen LogP contribution is 2.32. The smallest absolute Gasteiger partial charge is 0.274 e. The normalized spacial score (nSPS) is 12.2. The number of hydrogen-bond acceptors (Lipinski definition) is 4. The zero-order valence-corrected chi connectivity index (χ0v) is 21.6. The number of amides is 1. The van der Waals surface area contributed by atoms with Crippen LogP contribution < -0.4 is 5.73 Å². The van der Waals surface area contributed by atoms with Gasteiger partial charge in [-0.3, -0.25) is 9.48 Å². The van der Waals surface area contributed by atoms with Crippen LogP contribution >= 0.6 is 0 Å². The van der Waals surface area contributed by atoms with E-state index >= 15 is 0 Å². The zero-order chi connectivity index (χ0) is 25.7. The van der Waals surface area contributed by atoms with E-state index in [9.17, 15) is 4.79 Å². The fraction of sp³-hybridized carbons (Fsp3) is 0.345. The first-order valence-electron chi connectivity index (χ1n) is 12.6. The standard InChI is InChI=1S/C29H36N6O/c1-21(2)27(35(17-11-16-30)29(36)25-18-22(3)33(4)32-25)28-31-26(24-14-9-6-10-15-24)20-34(28)19-23-12-7-5-8-13-23/h5-10,12-15,18,20-21,27H,11,16-17,19,30H2,1-4H3/t27-/m1/s1. The summed E-state index contributed by atoms with van der Waals surface area (Å²) in [5.41, 5.74) is 10.4. The molecule has 0 fully saturated rings. The van der Waals surface area contributed by atoms with Crippen molar-refractivity contribution in [2.45, 2.75) is 39.8 Å². The van der Waals surface area contributed by atoms with Gasteiger partial charge in [0.05, 0.1) is 11.7 Å². The Hall–Kier alpha value is -3.71. The van der Waals surface area contributed by atoms with E-state index < -0.39 is 0 Å². The average Bonchev–Trinajstić information content (AvgIpc) is 3.44. The molecule has 1 amide bonds. The summed E-state index contributed by atoms with van der Waals surface area (Å²) >= 11 is 0. The van der Waals surface area contributed by atoms with E-state index in [1.165, 1.54) is 5.56 Å². The number of aromatic nitrogens is 4. The van der Waals surface area contributed by atoms with Crippen LogP contribution in [-0.2, 0) is 13.6 Å². The molecule has 2 aromatic carbocycles. The molecule has 2 aromatic heterocycles. The number of rotatable bonds is 10. The molecule has 2 heterocycles. The summed E-state index contributed by atoms with van der Waals surface area (Å²) in [6, 6.07) is 22.1. The summed E-state index contributed by atoms with van der Waals surface area (Å²) in [4.78, 5) is 20.9. The minimum Gasteiger partial charge on any atom is -0.330 e. The first kappa shape index (κ1) is 25.4. The van der Waals surface area contributed by atoms with Crippen LogP contribution in [0.25, 0.3) is 11.3 Å². The van der Waals surface area contributed by atoms with E-state index in [4.69, 9.17) is 10.7 Å². The summed E-state index contributed by atoms with van der Waals surface area (Å²) < 4.78 is 3.93. The van der Waals surface area contributed by atoms with Crippen molar-refractivity contribution >= 4 is 5.91 Å². The second-order valence-corrected chi connectivity index (χ2v) is 9.59. The molecule has 2 N–H and O–H groups in total. The number of carbonyl (C=O) groups excluding carboxylic acids is 1. The van der Waals surface area contributed by atoms with Gasteiger partial charge in [0.2, 0.25) is 0 Å². The number of carbonyl (C=O) groups is 1. The summed E-state index contributed by atoms with van der Waals surface area (Å²) in [5.74, 6) is 0.893. The van der Waals surface area contributed by atoms with E-state index in [0.717, 1.165) is 22.8 Å². The minimum absolute atomic E-state index is 0.0960. The largest absolute Gasteiger partial charge is 0.330 e. The van der Waals surface area contributed by atoms with Crippen molar-refractivity contribution in [3.05, 3.63) is 95.7 Å². The molecule has 0 unspecified atom stereocenters. The molecule has 188 valence electrons. The molecule has 0 radical (unpaired) electrons. The van der Waals surface area contributed by atoms with Crippen LogP contribution in [0.1, 0.15) is 53.9 Å². The van der Waals surface area contributed by atoms with Crippen LogP contribution in [0.15, 0.2) is 72.9 Å². The first-order chi connectivity index (χ1) is 17.4. The summed E-state index contributed by atoms with van der Waals surface area (Å²) in [6.45, 7) is 7.94. The molecular weight excluding hydrogens is 448 g/mol. The molecule has 36 heavy (non-hydrogen) atoms. The Balaban J connectivity index is 1.82. The Morgan fingerprint density at radius 1 is 1.06 bits per heavy atom. The number of hydrogen-bond donors (Lipinski definition) is 1. The van der Waals surface area contributed by atoms with Crippen molar-refractivity contribution in [1.82, 2.24) is 24.2 Å². The van der Waals surface area contributed by atoms with Crippen molar-refractivity contribution < 1.29 is 4.79 Å². The lowest BCUT2D eigenvalue weighted by Gasteiger charge is -2.34. The molecule has 0 aliphatic carbocycles. The lowest BCUT2D eigenvalue weighted by atomic mass is 10.00. The second-order valence-electron chi connectivity index (χ2n) is 9.59. The van der Waals surface area contributed by atoms with Crippen molar-refractivity contribution in [1.29, 1.82) is 0 Å². The van der Waals surface area contributed by atoms with Crippen molar-refractivity contribution in [3.63, 3.8) is 0 Å². The van der Waals surface area contributed by atoms with Crippen LogP contribution in [0, 0.1) is 12.8 Å². The Bertz CT molecular complexity index is 1260. The molecule has 0 aliphatic heterocycles. The van der Waals surface area contributed by atoms with Crippen LogP contribution in [0.3, 0.4) is 0 Å². The minimum atomic E-state index is -0.243. The van der Waals surface area contributed by atoms with Crippen molar-refractivity contribution in [2.75, 3.05) is 13.1 Å². The summed E-state index contributed by atoms with van der Waals surface area (Å²) in [7, 11) is 1.86. The quantitative estimate of drug-likeness (QED) is 0.350. The van der Waals surface area contributed by atoms with Crippen LogP contribution in [0.5, 0.6) is 0 Å². The van der Waals surface area contributed by atoms with Crippen LogP contribution in [0.2, 0.25) is 0 Å². The zero-order valence-electron chi connectivity index (χ0n) is 21.6. The van der Waals surface area contributed by atoms with E-state index in [1.807, 2.05) is 61.3 Å². The lowest BCUT2D eigenvalue weighted by Crippen LogP contribution is -2.40. The van der Waals surface area contributed by atoms with Gasteiger partial charge >= 0.3 is 0 Å². The Labute approximate surface area is 213 Å². The Kier molecular flexibility index (Phi) is 8.00. The third kappa shape index (κ3) is 5.57. The van der Waals surface area contributed by atoms with Gasteiger partial charge < -0.3 is 15.2 Å².